The molecule has 18 heavy (non-hydrogen) atoms. The smallest absolute Gasteiger partial charge is 0.119 e. The van der Waals surface area contributed by atoms with Crippen LogP contribution in [0, 0.1) is 11.3 Å². The van der Waals surface area contributed by atoms with Gasteiger partial charge < -0.3 is 4.74 Å². The Kier molecular flexibility index (Phi) is 4.09. The SMILES string of the molecule is N#Cc1ccc(OCc2cc(Cl)ccc2Cl)cc1. The van der Waals surface area contributed by atoms with Gasteiger partial charge in [0.2, 0.25) is 0 Å². The van der Waals surface area contributed by atoms with Crippen LogP contribution in [0.25, 0.3) is 0 Å². The van der Waals surface area contributed by atoms with Gasteiger partial charge in [0.05, 0.1) is 11.6 Å². The van der Waals surface area contributed by atoms with Crippen molar-refractivity contribution in [1.82, 2.24) is 0 Å². The lowest BCUT2D eigenvalue weighted by Crippen LogP contribution is -1.96. The number of hydrogen-bond acceptors (Lipinski definition) is 2. The van der Waals surface area contributed by atoms with E-state index >= 15 is 0 Å². The van der Waals surface area contributed by atoms with Crippen LogP contribution >= 0.6 is 23.2 Å². The van der Waals surface area contributed by atoms with Crippen LogP contribution in [0.5, 0.6) is 5.75 Å². The molecule has 0 aromatic heterocycles. The zero-order chi connectivity index (χ0) is 13.0. The molecule has 4 heteroatoms. The highest BCUT2D eigenvalue weighted by Gasteiger charge is 2.02. The molecular formula is C14H9Cl2NO. The van der Waals surface area contributed by atoms with Gasteiger partial charge in [0, 0.05) is 15.6 Å². The summed E-state index contributed by atoms with van der Waals surface area (Å²) < 4.78 is 5.57. The van der Waals surface area contributed by atoms with Gasteiger partial charge in [-0.2, -0.15) is 5.26 Å². The Morgan fingerprint density at radius 3 is 2.44 bits per heavy atom. The molecule has 0 heterocycles. The molecule has 2 aromatic carbocycles. The number of halogens is 2. The predicted molar refractivity (Wildman–Crippen MR) is 72.0 cm³/mol. The molecule has 0 N–H and O–H groups in total. The minimum atomic E-state index is 0.339. The van der Waals surface area contributed by atoms with Crippen LogP contribution in [0.15, 0.2) is 42.5 Å². The Balaban J connectivity index is 2.07. The molecule has 0 aliphatic heterocycles. The fourth-order valence-corrected chi connectivity index (χ4v) is 1.81. The minimum Gasteiger partial charge on any atom is -0.489 e. The molecule has 0 atom stereocenters. The van der Waals surface area contributed by atoms with Crippen molar-refractivity contribution >= 4 is 23.2 Å². The molecule has 0 saturated heterocycles. The van der Waals surface area contributed by atoms with Crippen molar-refractivity contribution in [3.8, 4) is 11.8 Å². The molecule has 2 rings (SSSR count). The van der Waals surface area contributed by atoms with Crippen molar-refractivity contribution < 1.29 is 4.74 Å². The lowest BCUT2D eigenvalue weighted by molar-refractivity contribution is 0.306. The molecule has 0 bridgehead atoms. The molecule has 2 aromatic rings. The van der Waals surface area contributed by atoms with Gasteiger partial charge in [-0.15, -0.1) is 0 Å². The number of rotatable bonds is 3. The summed E-state index contributed by atoms with van der Waals surface area (Å²) in [6.45, 7) is 0.339. The molecule has 0 aliphatic rings. The maximum absolute atomic E-state index is 8.68. The van der Waals surface area contributed by atoms with Crippen molar-refractivity contribution in [3.63, 3.8) is 0 Å². The first kappa shape index (κ1) is 12.8. The molecule has 0 saturated carbocycles. The van der Waals surface area contributed by atoms with E-state index in [0.717, 1.165) is 5.56 Å². The molecule has 0 unspecified atom stereocenters. The quantitative estimate of drug-likeness (QED) is 0.831. The summed E-state index contributed by atoms with van der Waals surface area (Å²) in [4.78, 5) is 0. The largest absolute Gasteiger partial charge is 0.489 e. The zero-order valence-corrected chi connectivity index (χ0v) is 10.9. The van der Waals surface area contributed by atoms with E-state index in [0.29, 0.717) is 28.0 Å². The van der Waals surface area contributed by atoms with Crippen LogP contribution in [0.2, 0.25) is 10.0 Å². The third-order valence-electron chi connectivity index (χ3n) is 2.39. The minimum absolute atomic E-state index is 0.339. The fraction of sp³-hybridized carbons (Fsp3) is 0.0714. The van der Waals surface area contributed by atoms with Gasteiger partial charge in [-0.25, -0.2) is 0 Å². The Morgan fingerprint density at radius 1 is 1.06 bits per heavy atom. The number of nitrogens with zero attached hydrogens (tertiary/aromatic N) is 1. The maximum atomic E-state index is 8.68. The second kappa shape index (κ2) is 5.77. The van der Waals surface area contributed by atoms with Crippen LogP contribution in [0.3, 0.4) is 0 Å². The highest BCUT2D eigenvalue weighted by molar-refractivity contribution is 6.33. The average molecular weight is 278 g/mol. The van der Waals surface area contributed by atoms with Crippen molar-refractivity contribution in [2.24, 2.45) is 0 Å². The summed E-state index contributed by atoms with van der Waals surface area (Å²) in [6, 6.07) is 14.2. The number of ether oxygens (including phenoxy) is 1. The summed E-state index contributed by atoms with van der Waals surface area (Å²) >= 11 is 11.9. The first-order valence-electron chi connectivity index (χ1n) is 5.26. The first-order chi connectivity index (χ1) is 8.69. The lowest BCUT2D eigenvalue weighted by Gasteiger charge is -2.08. The third kappa shape index (κ3) is 3.16. The molecule has 2 nitrogen and oxygen atoms in total. The van der Waals surface area contributed by atoms with Gasteiger partial charge in [-0.1, -0.05) is 23.2 Å². The maximum Gasteiger partial charge on any atom is 0.119 e. The summed E-state index contributed by atoms with van der Waals surface area (Å²) in [5, 5.41) is 9.92. The van der Waals surface area contributed by atoms with E-state index in [1.165, 1.54) is 0 Å². The van der Waals surface area contributed by atoms with E-state index in [4.69, 9.17) is 33.2 Å². The van der Waals surface area contributed by atoms with Gasteiger partial charge in [-0.05, 0) is 42.5 Å². The molecule has 90 valence electrons. The average Bonchev–Trinajstić information content (AvgIpc) is 2.40. The van der Waals surface area contributed by atoms with Crippen LogP contribution in [0.4, 0.5) is 0 Å². The topological polar surface area (TPSA) is 33.0 Å². The summed E-state index contributed by atoms with van der Waals surface area (Å²) in [5.41, 5.74) is 1.43. The van der Waals surface area contributed by atoms with Crippen molar-refractivity contribution in [1.29, 1.82) is 5.26 Å². The Hall–Kier alpha value is -1.69. The van der Waals surface area contributed by atoms with Gasteiger partial charge >= 0.3 is 0 Å². The standard InChI is InChI=1S/C14H9Cl2NO/c15-12-3-6-14(16)11(7-12)9-18-13-4-1-10(8-17)2-5-13/h1-7H,9H2. The Labute approximate surface area is 115 Å². The summed E-state index contributed by atoms with van der Waals surface area (Å²) in [6.07, 6.45) is 0. The van der Waals surface area contributed by atoms with Gasteiger partial charge in [0.15, 0.2) is 0 Å². The van der Waals surface area contributed by atoms with Crippen molar-refractivity contribution in [3.05, 3.63) is 63.6 Å². The van der Waals surface area contributed by atoms with Crippen LogP contribution < -0.4 is 4.74 Å². The van der Waals surface area contributed by atoms with Crippen LogP contribution in [-0.4, -0.2) is 0 Å². The normalized spacial score (nSPS) is 9.83. The molecule has 0 fully saturated rings. The summed E-state index contributed by atoms with van der Waals surface area (Å²) in [7, 11) is 0. The molecular weight excluding hydrogens is 269 g/mol. The monoisotopic (exact) mass is 277 g/mol. The molecule has 0 amide bonds. The number of benzene rings is 2. The molecule has 0 radical (unpaired) electrons. The second-order valence-corrected chi connectivity index (χ2v) is 4.50. The van der Waals surface area contributed by atoms with E-state index in [1.807, 2.05) is 0 Å². The summed E-state index contributed by atoms with van der Waals surface area (Å²) in [5.74, 6) is 0.685. The first-order valence-corrected chi connectivity index (χ1v) is 6.01. The third-order valence-corrected chi connectivity index (χ3v) is 2.99. The van der Waals surface area contributed by atoms with Crippen LogP contribution in [0.1, 0.15) is 11.1 Å². The second-order valence-electron chi connectivity index (χ2n) is 3.66. The highest BCUT2D eigenvalue weighted by Crippen LogP contribution is 2.22. The lowest BCUT2D eigenvalue weighted by atomic mass is 10.2. The van der Waals surface area contributed by atoms with Crippen LogP contribution in [-0.2, 0) is 6.61 Å². The number of hydrogen-bond donors (Lipinski definition) is 0. The van der Waals surface area contributed by atoms with E-state index in [2.05, 4.69) is 6.07 Å². The van der Waals surface area contributed by atoms with E-state index < -0.39 is 0 Å². The van der Waals surface area contributed by atoms with Gasteiger partial charge in [-0.3, -0.25) is 0 Å². The molecule has 0 aliphatic carbocycles. The predicted octanol–water partition coefficient (Wildman–Crippen LogP) is 4.44. The Morgan fingerprint density at radius 2 is 1.78 bits per heavy atom. The highest BCUT2D eigenvalue weighted by atomic mass is 35.5. The Bertz CT molecular complexity index is 588. The van der Waals surface area contributed by atoms with Crippen molar-refractivity contribution in [2.45, 2.75) is 6.61 Å². The fourth-order valence-electron chi connectivity index (χ4n) is 1.44. The van der Waals surface area contributed by atoms with E-state index in [9.17, 15) is 0 Å². The number of nitriles is 1. The zero-order valence-electron chi connectivity index (χ0n) is 9.36. The van der Waals surface area contributed by atoms with E-state index in [-0.39, 0.29) is 0 Å². The van der Waals surface area contributed by atoms with E-state index in [1.54, 1.807) is 42.5 Å². The van der Waals surface area contributed by atoms with Crippen molar-refractivity contribution in [2.75, 3.05) is 0 Å². The molecule has 0 spiro atoms. The van der Waals surface area contributed by atoms with Gasteiger partial charge in [0.1, 0.15) is 12.4 Å². The van der Waals surface area contributed by atoms with Gasteiger partial charge in [0.25, 0.3) is 0 Å².